The molecule has 11 N–H and O–H groups in total. The summed E-state index contributed by atoms with van der Waals surface area (Å²) in [5, 5.41) is 15.5. The zero-order valence-electron chi connectivity index (χ0n) is 28.5. The van der Waals surface area contributed by atoms with Gasteiger partial charge in [-0.05, 0) is 73.1 Å². The Morgan fingerprint density at radius 1 is 0.620 bits per heavy atom. The van der Waals surface area contributed by atoms with Crippen molar-refractivity contribution >= 4 is 48.3 Å². The fourth-order valence-corrected chi connectivity index (χ4v) is 4.05. The van der Waals surface area contributed by atoms with Gasteiger partial charge in [0.05, 0.1) is 0 Å². The van der Waals surface area contributed by atoms with E-state index in [9.17, 15) is 28.8 Å². The molecular weight excluding hydrogens is 676 g/mol. The molecule has 0 radical (unpaired) electrons. The quantitative estimate of drug-likeness (QED) is 0.0963. The van der Waals surface area contributed by atoms with E-state index in [0.717, 1.165) is 38.8 Å². The Morgan fingerprint density at radius 2 is 0.940 bits per heavy atom. The van der Waals surface area contributed by atoms with Gasteiger partial charge < -0.3 is 26.6 Å². The number of urea groups is 3. The van der Waals surface area contributed by atoms with Crippen LogP contribution in [-0.2, 0) is 0 Å². The molecule has 0 aromatic carbocycles. The Hall–Kier alpha value is -5.34. The lowest BCUT2D eigenvalue weighted by Crippen LogP contribution is -2.34. The Balaban J connectivity index is 0.000000587. The zero-order chi connectivity index (χ0) is 36.2. The van der Waals surface area contributed by atoms with Gasteiger partial charge in [0.15, 0.2) is 0 Å². The minimum Gasteiger partial charge on any atom is -0.338 e. The first-order valence-electron chi connectivity index (χ1n) is 15.6. The van der Waals surface area contributed by atoms with Crippen molar-refractivity contribution < 1.29 is 14.4 Å². The molecule has 0 atom stereocenters. The molecule has 0 unspecified atom stereocenters. The van der Waals surface area contributed by atoms with Crippen molar-refractivity contribution in [3.05, 3.63) is 66.3 Å². The number of amides is 6. The number of aryl methyl sites for hydroxylation is 3. The second-order valence-electron chi connectivity index (χ2n) is 10.9. The van der Waals surface area contributed by atoms with E-state index in [4.69, 9.17) is 5.73 Å². The number of hydrogen-bond donors (Lipinski definition) is 10. The first-order valence-corrected chi connectivity index (χ1v) is 15.6. The van der Waals surface area contributed by atoms with Crippen molar-refractivity contribution in [3.63, 3.8) is 0 Å². The third kappa shape index (κ3) is 18.9. The van der Waals surface area contributed by atoms with Gasteiger partial charge >= 0.3 is 18.1 Å². The second kappa shape index (κ2) is 23.1. The number of H-pyrrole nitrogens is 3. The molecule has 3 heterocycles. The lowest BCUT2D eigenvalue weighted by Gasteiger charge is -2.17. The molecule has 0 saturated heterocycles. The van der Waals surface area contributed by atoms with Crippen molar-refractivity contribution in [2.24, 2.45) is 5.73 Å². The maximum atomic E-state index is 11.9. The Kier molecular flexibility index (Phi) is 19.7. The van der Waals surface area contributed by atoms with Gasteiger partial charge in [-0.25, -0.2) is 29.3 Å². The zero-order valence-corrected chi connectivity index (χ0v) is 29.3. The van der Waals surface area contributed by atoms with Crippen molar-refractivity contribution in [3.8, 4) is 0 Å². The Morgan fingerprint density at radius 3 is 1.24 bits per heavy atom. The predicted octanol–water partition coefficient (Wildman–Crippen LogP) is 0.486. The van der Waals surface area contributed by atoms with Crippen LogP contribution in [0.25, 0.3) is 0 Å². The first-order chi connectivity index (χ1) is 23.3. The molecule has 6 amide bonds. The van der Waals surface area contributed by atoms with E-state index in [0.29, 0.717) is 43.3 Å². The lowest BCUT2D eigenvalue weighted by molar-refractivity contribution is 0.249. The van der Waals surface area contributed by atoms with Crippen molar-refractivity contribution in [1.29, 1.82) is 0 Å². The standard InChI is InChI=1S/C19H29N9O4.C10H17N5O2.ClH/c1-12-10-14(29)24-16(22-12)26-18(31)20-6-4-8-28(3)9-5-7-21-19(32)27-17-23-13(2)11-15(30)25-17;1-7-6-8(16)14-9(13-7)15-10(17)12-5-3-2-4-11;/h10-11H,4-9H2,1-3H3,(H3,20,22,24,26,29,31)(H3,21,23,25,27,30,32);6H,2-5,11H2,1H3,(H3,12,13,14,15,16,17);1H. The molecule has 0 saturated carbocycles. The van der Waals surface area contributed by atoms with E-state index in [-0.39, 0.29) is 46.9 Å². The molecule has 3 aromatic heterocycles. The number of nitrogens with two attached hydrogens (primary N) is 1. The molecule has 0 fully saturated rings. The average molecular weight is 723 g/mol. The van der Waals surface area contributed by atoms with Gasteiger partial charge in [-0.15, -0.1) is 12.4 Å². The van der Waals surface area contributed by atoms with Crippen molar-refractivity contribution in [1.82, 2.24) is 50.8 Å². The number of rotatable bonds is 15. The van der Waals surface area contributed by atoms with Gasteiger partial charge in [0, 0.05) is 54.9 Å². The number of halogens is 1. The SMILES string of the molecule is Cc1cc(=O)[nH]c(NC(=O)NCCCCN)n1.Cc1cc(=O)[nH]c(NC(=O)NCCCN(C)CCCNC(=O)Nc2nc(C)cc(=O)[nH]2)n1.Cl. The maximum absolute atomic E-state index is 11.9. The highest BCUT2D eigenvalue weighted by atomic mass is 35.5. The highest BCUT2D eigenvalue weighted by Gasteiger charge is 2.07. The molecule has 3 aromatic rings. The number of aromatic amines is 3. The predicted molar refractivity (Wildman–Crippen MR) is 192 cm³/mol. The van der Waals surface area contributed by atoms with E-state index in [2.05, 4.69) is 66.7 Å². The number of carbonyl (C=O) groups is 3. The third-order valence-electron chi connectivity index (χ3n) is 6.23. The van der Waals surface area contributed by atoms with Crippen LogP contribution in [0.1, 0.15) is 42.8 Å². The van der Waals surface area contributed by atoms with Crippen molar-refractivity contribution in [2.45, 2.75) is 46.5 Å². The van der Waals surface area contributed by atoms with Gasteiger partial charge in [-0.3, -0.25) is 45.3 Å². The molecule has 20 nitrogen and oxygen atoms in total. The van der Waals surface area contributed by atoms with Crippen LogP contribution in [-0.4, -0.2) is 99.2 Å². The Labute approximate surface area is 294 Å². The maximum Gasteiger partial charge on any atom is 0.321 e. The molecule has 0 aliphatic rings. The van der Waals surface area contributed by atoms with E-state index in [1.807, 2.05) is 7.05 Å². The van der Waals surface area contributed by atoms with Crippen molar-refractivity contribution in [2.75, 3.05) is 62.3 Å². The normalized spacial score (nSPS) is 10.2. The highest BCUT2D eigenvalue weighted by Crippen LogP contribution is 1.98. The summed E-state index contributed by atoms with van der Waals surface area (Å²) in [5.41, 5.74) is 5.94. The molecule has 0 spiro atoms. The largest absolute Gasteiger partial charge is 0.338 e. The molecular formula is C29H47ClN14O6. The van der Waals surface area contributed by atoms with Gasteiger partial charge in [-0.1, -0.05) is 0 Å². The van der Waals surface area contributed by atoms with Crippen LogP contribution < -0.4 is 54.3 Å². The molecule has 3 rings (SSSR count). The first kappa shape index (κ1) is 42.7. The third-order valence-corrected chi connectivity index (χ3v) is 6.23. The second-order valence-corrected chi connectivity index (χ2v) is 10.9. The van der Waals surface area contributed by atoms with Gasteiger partial charge in [-0.2, -0.15) is 0 Å². The fourth-order valence-electron chi connectivity index (χ4n) is 4.05. The monoisotopic (exact) mass is 722 g/mol. The molecule has 276 valence electrons. The van der Waals surface area contributed by atoms with Crippen LogP contribution >= 0.6 is 12.4 Å². The number of hydrogen-bond acceptors (Lipinski definition) is 11. The summed E-state index contributed by atoms with van der Waals surface area (Å²) < 4.78 is 0. The van der Waals surface area contributed by atoms with Gasteiger partial charge in [0.1, 0.15) is 0 Å². The van der Waals surface area contributed by atoms with Crippen LogP contribution in [0, 0.1) is 20.8 Å². The summed E-state index contributed by atoms with van der Waals surface area (Å²) in [6.45, 7) is 8.57. The minimum atomic E-state index is -0.443. The summed E-state index contributed by atoms with van der Waals surface area (Å²) in [6, 6.07) is 2.75. The summed E-state index contributed by atoms with van der Waals surface area (Å²) in [4.78, 5) is 90.3. The smallest absolute Gasteiger partial charge is 0.321 e. The summed E-state index contributed by atoms with van der Waals surface area (Å²) in [7, 11) is 1.95. The molecule has 0 aliphatic carbocycles. The summed E-state index contributed by atoms with van der Waals surface area (Å²) >= 11 is 0. The van der Waals surface area contributed by atoms with Crippen LogP contribution in [0.5, 0.6) is 0 Å². The number of unbranched alkanes of at least 4 members (excludes halogenated alkanes) is 1. The fraction of sp³-hybridized carbons (Fsp3) is 0.483. The van der Waals surface area contributed by atoms with Crippen LogP contribution in [0.4, 0.5) is 32.2 Å². The number of nitrogens with one attached hydrogen (secondary N) is 9. The number of nitrogens with zero attached hydrogens (tertiary/aromatic N) is 4. The van der Waals surface area contributed by atoms with Gasteiger partial charge in [0.2, 0.25) is 17.8 Å². The molecule has 0 aliphatic heterocycles. The number of anilines is 3. The molecule has 0 bridgehead atoms. The molecule has 50 heavy (non-hydrogen) atoms. The average Bonchev–Trinajstić information content (AvgIpc) is 2.98. The summed E-state index contributed by atoms with van der Waals surface area (Å²) in [6.07, 6.45) is 3.13. The van der Waals surface area contributed by atoms with E-state index in [1.165, 1.54) is 18.2 Å². The Bertz CT molecular complexity index is 1610. The van der Waals surface area contributed by atoms with Crippen LogP contribution in [0.2, 0.25) is 0 Å². The van der Waals surface area contributed by atoms with Gasteiger partial charge in [0.25, 0.3) is 16.7 Å². The lowest BCUT2D eigenvalue weighted by atomic mass is 10.3. The number of aromatic nitrogens is 6. The highest BCUT2D eigenvalue weighted by molar-refractivity contribution is 5.88. The van der Waals surface area contributed by atoms with Crippen LogP contribution in [0.15, 0.2) is 32.6 Å². The van der Waals surface area contributed by atoms with E-state index in [1.54, 1.807) is 20.8 Å². The molecule has 21 heteroatoms. The topological polar surface area (TPSA) is 290 Å². The van der Waals surface area contributed by atoms with E-state index < -0.39 is 18.1 Å². The summed E-state index contributed by atoms with van der Waals surface area (Å²) in [5.74, 6) is 0.350. The van der Waals surface area contributed by atoms with Crippen LogP contribution in [0.3, 0.4) is 0 Å². The minimum absolute atomic E-state index is 0. The van der Waals surface area contributed by atoms with E-state index >= 15 is 0 Å². The number of carbonyl (C=O) groups excluding carboxylic acids is 3.